The summed E-state index contributed by atoms with van der Waals surface area (Å²) in [6.45, 7) is 0. The normalized spacial score (nSPS) is 10.8. The summed E-state index contributed by atoms with van der Waals surface area (Å²) in [6.07, 6.45) is -1.28. The quantitative estimate of drug-likeness (QED) is 0.754. The molecular weight excluding hydrogens is 215 g/mol. The van der Waals surface area contributed by atoms with Crippen LogP contribution in [0.5, 0.6) is 0 Å². The van der Waals surface area contributed by atoms with Crippen molar-refractivity contribution in [2.75, 3.05) is 0 Å². The van der Waals surface area contributed by atoms with Crippen molar-refractivity contribution in [1.29, 1.82) is 0 Å². The number of hydrogen-bond donors (Lipinski definition) is 0. The van der Waals surface area contributed by atoms with E-state index in [1.165, 1.54) is 24.4 Å². The molecule has 0 unspecified atom stereocenters. The molecule has 0 aliphatic rings. The molecule has 0 bridgehead atoms. The number of nitrogens with zero attached hydrogens (tertiary/aromatic N) is 1. The second-order valence-corrected chi connectivity index (χ2v) is 3.28. The van der Waals surface area contributed by atoms with Crippen LogP contribution in [0.1, 0.15) is 12.1 Å². The van der Waals surface area contributed by atoms with Gasteiger partial charge in [-0.3, -0.25) is 4.98 Å². The Morgan fingerprint density at radius 2 is 1.62 bits per heavy atom. The predicted molar refractivity (Wildman–Crippen MR) is 54.6 cm³/mol. The topological polar surface area (TPSA) is 12.9 Å². The number of hydrogen-bond acceptors (Lipinski definition) is 1. The fourth-order valence-corrected chi connectivity index (χ4v) is 1.39. The van der Waals surface area contributed by atoms with E-state index in [-0.39, 0.29) is 11.5 Å². The standard InChI is InChI=1S/C12H8F3N/c13-10-3-1-8(2-4-10)9-5-6-16-11(7-9)12(14)15/h1-7,12H. The van der Waals surface area contributed by atoms with Gasteiger partial charge in [0.2, 0.25) is 0 Å². The zero-order valence-corrected chi connectivity index (χ0v) is 8.20. The molecule has 0 aliphatic carbocycles. The summed E-state index contributed by atoms with van der Waals surface area (Å²) in [6, 6.07) is 8.58. The Hall–Kier alpha value is -1.84. The van der Waals surface area contributed by atoms with Crippen LogP contribution < -0.4 is 0 Å². The SMILES string of the molecule is Fc1ccc(-c2ccnc(C(F)F)c2)cc1. The number of rotatable bonds is 2. The summed E-state index contributed by atoms with van der Waals surface area (Å²) < 4.78 is 37.5. The average Bonchev–Trinajstić information content (AvgIpc) is 2.30. The Bertz CT molecular complexity index is 480. The minimum atomic E-state index is -2.60. The van der Waals surface area contributed by atoms with Crippen molar-refractivity contribution in [3.63, 3.8) is 0 Å². The largest absolute Gasteiger partial charge is 0.280 e. The Labute approximate surface area is 90.6 Å². The highest BCUT2D eigenvalue weighted by Gasteiger charge is 2.09. The molecule has 16 heavy (non-hydrogen) atoms. The minimum Gasteiger partial charge on any atom is -0.255 e. The van der Waals surface area contributed by atoms with Crippen LogP contribution in [0.3, 0.4) is 0 Å². The fraction of sp³-hybridized carbons (Fsp3) is 0.0833. The molecule has 82 valence electrons. The van der Waals surface area contributed by atoms with Gasteiger partial charge in [0.1, 0.15) is 11.5 Å². The van der Waals surface area contributed by atoms with Gasteiger partial charge >= 0.3 is 0 Å². The summed E-state index contributed by atoms with van der Waals surface area (Å²) in [4.78, 5) is 3.56. The first-order chi connectivity index (χ1) is 7.66. The van der Waals surface area contributed by atoms with Crippen molar-refractivity contribution in [2.24, 2.45) is 0 Å². The van der Waals surface area contributed by atoms with Gasteiger partial charge in [0.25, 0.3) is 6.43 Å². The molecule has 0 saturated carbocycles. The summed E-state index contributed by atoms with van der Waals surface area (Å²) in [7, 11) is 0. The van der Waals surface area contributed by atoms with E-state index >= 15 is 0 Å². The molecule has 0 aliphatic heterocycles. The van der Waals surface area contributed by atoms with Gasteiger partial charge in [0.05, 0.1) is 0 Å². The summed E-state index contributed by atoms with van der Waals surface area (Å²) >= 11 is 0. The van der Waals surface area contributed by atoms with E-state index in [9.17, 15) is 13.2 Å². The summed E-state index contributed by atoms with van der Waals surface area (Å²) in [5.41, 5.74) is 1.01. The van der Waals surface area contributed by atoms with Crippen molar-refractivity contribution in [3.8, 4) is 11.1 Å². The second kappa shape index (κ2) is 4.35. The zero-order chi connectivity index (χ0) is 11.5. The number of benzene rings is 1. The van der Waals surface area contributed by atoms with E-state index in [1.807, 2.05) is 0 Å². The van der Waals surface area contributed by atoms with Crippen LogP contribution in [0.25, 0.3) is 11.1 Å². The van der Waals surface area contributed by atoms with Gasteiger partial charge < -0.3 is 0 Å². The molecule has 0 fully saturated rings. The molecule has 1 nitrogen and oxygen atoms in total. The van der Waals surface area contributed by atoms with Crippen LogP contribution >= 0.6 is 0 Å². The zero-order valence-electron chi connectivity index (χ0n) is 8.20. The van der Waals surface area contributed by atoms with Gasteiger partial charge in [-0.25, -0.2) is 13.2 Å². The third-order valence-electron chi connectivity index (χ3n) is 2.18. The van der Waals surface area contributed by atoms with Gasteiger partial charge in [-0.15, -0.1) is 0 Å². The number of halogens is 3. The number of aromatic nitrogens is 1. The summed E-state index contributed by atoms with van der Waals surface area (Å²) in [5, 5.41) is 0. The first-order valence-electron chi connectivity index (χ1n) is 4.67. The van der Waals surface area contributed by atoms with Gasteiger partial charge in [-0.2, -0.15) is 0 Å². The Morgan fingerprint density at radius 3 is 2.25 bits per heavy atom. The third kappa shape index (κ3) is 2.21. The maximum atomic E-state index is 12.7. The summed E-state index contributed by atoms with van der Waals surface area (Å²) in [5.74, 6) is -0.355. The van der Waals surface area contributed by atoms with Crippen LogP contribution in [-0.2, 0) is 0 Å². The van der Waals surface area contributed by atoms with E-state index in [2.05, 4.69) is 4.98 Å². The van der Waals surface area contributed by atoms with Crippen LogP contribution in [0.2, 0.25) is 0 Å². The maximum absolute atomic E-state index is 12.7. The molecule has 0 saturated heterocycles. The van der Waals surface area contributed by atoms with Gasteiger partial charge in [0.15, 0.2) is 0 Å². The van der Waals surface area contributed by atoms with Crippen molar-refractivity contribution in [2.45, 2.75) is 6.43 Å². The van der Waals surface area contributed by atoms with Gasteiger partial charge in [-0.1, -0.05) is 12.1 Å². The van der Waals surface area contributed by atoms with E-state index in [0.29, 0.717) is 11.1 Å². The molecule has 1 heterocycles. The van der Waals surface area contributed by atoms with E-state index in [1.54, 1.807) is 18.2 Å². The molecule has 1 aromatic heterocycles. The highest BCUT2D eigenvalue weighted by atomic mass is 19.3. The molecular formula is C12H8F3N. The molecule has 0 spiro atoms. The molecule has 1 aromatic carbocycles. The highest BCUT2D eigenvalue weighted by molar-refractivity contribution is 5.63. The molecule has 2 aromatic rings. The predicted octanol–water partition coefficient (Wildman–Crippen LogP) is 3.83. The smallest absolute Gasteiger partial charge is 0.255 e. The number of pyridine rings is 1. The van der Waals surface area contributed by atoms with Crippen molar-refractivity contribution in [1.82, 2.24) is 4.98 Å². The molecule has 2 rings (SSSR count). The molecule has 0 atom stereocenters. The lowest BCUT2D eigenvalue weighted by Crippen LogP contribution is -1.90. The molecule has 0 amide bonds. The van der Waals surface area contributed by atoms with Gasteiger partial charge in [-0.05, 0) is 35.4 Å². The lowest BCUT2D eigenvalue weighted by molar-refractivity contribution is 0.146. The van der Waals surface area contributed by atoms with Crippen molar-refractivity contribution in [3.05, 3.63) is 54.1 Å². The average molecular weight is 223 g/mol. The van der Waals surface area contributed by atoms with Crippen LogP contribution in [0, 0.1) is 5.82 Å². The van der Waals surface area contributed by atoms with Crippen molar-refractivity contribution >= 4 is 0 Å². The van der Waals surface area contributed by atoms with E-state index in [0.717, 1.165) is 0 Å². The monoisotopic (exact) mass is 223 g/mol. The van der Waals surface area contributed by atoms with Gasteiger partial charge in [0, 0.05) is 6.20 Å². The van der Waals surface area contributed by atoms with Crippen LogP contribution in [0.15, 0.2) is 42.6 Å². The first-order valence-corrected chi connectivity index (χ1v) is 4.67. The van der Waals surface area contributed by atoms with Crippen molar-refractivity contribution < 1.29 is 13.2 Å². The minimum absolute atomic E-state index is 0.276. The maximum Gasteiger partial charge on any atom is 0.280 e. The lowest BCUT2D eigenvalue weighted by Gasteiger charge is -2.03. The Kier molecular flexibility index (Phi) is 2.90. The van der Waals surface area contributed by atoms with Crippen LogP contribution in [0.4, 0.5) is 13.2 Å². The number of alkyl halides is 2. The molecule has 0 N–H and O–H groups in total. The molecule has 4 heteroatoms. The van der Waals surface area contributed by atoms with Crippen LogP contribution in [-0.4, -0.2) is 4.98 Å². The van der Waals surface area contributed by atoms with E-state index in [4.69, 9.17) is 0 Å². The molecule has 0 radical (unpaired) electrons. The third-order valence-corrected chi connectivity index (χ3v) is 2.18. The highest BCUT2D eigenvalue weighted by Crippen LogP contribution is 2.23. The van der Waals surface area contributed by atoms with E-state index < -0.39 is 6.43 Å². The first kappa shape index (κ1) is 10.7. The second-order valence-electron chi connectivity index (χ2n) is 3.28. The Balaban J connectivity index is 2.40. The Morgan fingerprint density at radius 1 is 0.938 bits per heavy atom. The fourth-order valence-electron chi connectivity index (χ4n) is 1.39. The lowest BCUT2D eigenvalue weighted by atomic mass is 10.1.